The van der Waals surface area contributed by atoms with Crippen LogP contribution in [0, 0.1) is 0 Å². The van der Waals surface area contributed by atoms with Gasteiger partial charge in [-0.3, -0.25) is 4.79 Å². The van der Waals surface area contributed by atoms with Crippen molar-refractivity contribution in [1.29, 1.82) is 0 Å². The predicted octanol–water partition coefficient (Wildman–Crippen LogP) is 0.472. The van der Waals surface area contributed by atoms with Crippen molar-refractivity contribution >= 4 is 5.91 Å². The van der Waals surface area contributed by atoms with Crippen LogP contribution < -0.4 is 4.74 Å². The number of H-pyrrole nitrogens is 1. The van der Waals surface area contributed by atoms with E-state index in [1.807, 2.05) is 6.20 Å². The van der Waals surface area contributed by atoms with Gasteiger partial charge in [0, 0.05) is 51.0 Å². The van der Waals surface area contributed by atoms with E-state index >= 15 is 0 Å². The number of aromatic nitrogens is 8. The number of rotatable bonds is 5. The van der Waals surface area contributed by atoms with Gasteiger partial charge < -0.3 is 23.9 Å². The third-order valence-corrected chi connectivity index (χ3v) is 5.90. The van der Waals surface area contributed by atoms with Gasteiger partial charge >= 0.3 is 6.01 Å². The molecule has 1 fully saturated rings. The Morgan fingerprint density at radius 1 is 1.32 bits per heavy atom. The maximum atomic E-state index is 13.2. The molecule has 5 rings (SSSR count). The number of carbonyl (C=O) groups excluding carboxylic acids is 1. The Kier molecular flexibility index (Phi) is 5.14. The van der Waals surface area contributed by atoms with E-state index in [2.05, 4.69) is 34.8 Å². The Labute approximate surface area is 178 Å². The predicted molar refractivity (Wildman–Crippen MR) is 106 cm³/mol. The summed E-state index contributed by atoms with van der Waals surface area (Å²) in [7, 11) is 3.19. The van der Waals surface area contributed by atoms with Crippen molar-refractivity contribution in [3.63, 3.8) is 0 Å². The van der Waals surface area contributed by atoms with Crippen molar-refractivity contribution in [2.75, 3.05) is 26.9 Å². The first-order chi connectivity index (χ1) is 15.1. The summed E-state index contributed by atoms with van der Waals surface area (Å²) in [6.45, 7) is 2.32. The molecule has 12 heteroatoms. The second-order valence-corrected chi connectivity index (χ2v) is 7.90. The van der Waals surface area contributed by atoms with E-state index in [0.717, 1.165) is 43.4 Å². The van der Waals surface area contributed by atoms with Gasteiger partial charge in [0.1, 0.15) is 5.82 Å². The number of carbonyl (C=O) groups is 1. The molecular weight excluding hydrogens is 402 g/mol. The highest BCUT2D eigenvalue weighted by Crippen LogP contribution is 2.32. The van der Waals surface area contributed by atoms with Crippen molar-refractivity contribution in [3.8, 4) is 6.01 Å². The quantitative estimate of drug-likeness (QED) is 0.622. The summed E-state index contributed by atoms with van der Waals surface area (Å²) in [6, 6.07) is 0.269. The van der Waals surface area contributed by atoms with Gasteiger partial charge in [0.05, 0.1) is 26.0 Å². The molecule has 0 radical (unpaired) electrons. The topological polar surface area (TPSA) is 129 Å². The van der Waals surface area contributed by atoms with Crippen molar-refractivity contribution in [2.24, 2.45) is 7.05 Å². The second-order valence-electron chi connectivity index (χ2n) is 7.90. The molecule has 1 N–H and O–H groups in total. The number of nitrogens with one attached hydrogen (secondary N) is 1. The van der Waals surface area contributed by atoms with Crippen LogP contribution in [-0.2, 0) is 24.8 Å². The molecule has 1 saturated heterocycles. The first-order valence-electron chi connectivity index (χ1n) is 10.4. The number of hydrogen-bond acceptors (Lipinski definition) is 8. The second kappa shape index (κ2) is 8.10. The van der Waals surface area contributed by atoms with Crippen LogP contribution in [-0.4, -0.2) is 77.2 Å². The maximum absolute atomic E-state index is 13.2. The van der Waals surface area contributed by atoms with E-state index in [1.165, 1.54) is 11.8 Å². The van der Waals surface area contributed by atoms with E-state index in [4.69, 9.17) is 9.47 Å². The molecule has 3 aromatic rings. The zero-order valence-corrected chi connectivity index (χ0v) is 17.6. The van der Waals surface area contributed by atoms with Gasteiger partial charge in [0.25, 0.3) is 5.91 Å². The van der Waals surface area contributed by atoms with Crippen molar-refractivity contribution in [2.45, 2.75) is 37.8 Å². The molecule has 0 bridgehead atoms. The lowest BCUT2D eigenvalue weighted by Crippen LogP contribution is -2.43. The summed E-state index contributed by atoms with van der Waals surface area (Å²) in [5.41, 5.74) is 0.995. The molecule has 2 aliphatic heterocycles. The first kappa shape index (κ1) is 19.7. The van der Waals surface area contributed by atoms with Crippen LogP contribution in [0.2, 0.25) is 0 Å². The number of imidazole rings is 1. The fraction of sp³-hybridized carbons (Fsp3) is 0.579. The average Bonchev–Trinajstić information content (AvgIpc) is 3.53. The Bertz CT molecular complexity index is 1050. The molecule has 0 spiro atoms. The Morgan fingerprint density at radius 2 is 2.16 bits per heavy atom. The van der Waals surface area contributed by atoms with Crippen LogP contribution in [0.5, 0.6) is 6.01 Å². The molecule has 1 atom stereocenters. The van der Waals surface area contributed by atoms with Crippen molar-refractivity contribution in [1.82, 2.24) is 44.4 Å². The van der Waals surface area contributed by atoms with E-state index < -0.39 is 0 Å². The molecule has 0 saturated carbocycles. The molecule has 1 amide bonds. The third-order valence-electron chi connectivity index (χ3n) is 5.90. The van der Waals surface area contributed by atoms with Gasteiger partial charge in [-0.05, 0) is 12.8 Å². The van der Waals surface area contributed by atoms with E-state index in [0.29, 0.717) is 31.4 Å². The van der Waals surface area contributed by atoms with Crippen LogP contribution >= 0.6 is 0 Å². The summed E-state index contributed by atoms with van der Waals surface area (Å²) in [4.78, 5) is 26.4. The van der Waals surface area contributed by atoms with Crippen LogP contribution in [0.3, 0.4) is 0 Å². The number of ether oxygens (including phenoxy) is 2. The summed E-state index contributed by atoms with van der Waals surface area (Å²) >= 11 is 0. The molecule has 164 valence electrons. The number of methoxy groups -OCH3 is 1. The number of amides is 1. The van der Waals surface area contributed by atoms with Gasteiger partial charge in [-0.1, -0.05) is 0 Å². The van der Waals surface area contributed by atoms with Gasteiger partial charge in [-0.2, -0.15) is 4.98 Å². The zero-order valence-electron chi connectivity index (χ0n) is 17.6. The number of aryl methyl sites for hydroxylation is 1. The lowest BCUT2D eigenvalue weighted by molar-refractivity contribution is 0.0647. The summed E-state index contributed by atoms with van der Waals surface area (Å²) in [5.74, 6) is 1.91. The highest BCUT2D eigenvalue weighted by molar-refractivity contribution is 5.90. The van der Waals surface area contributed by atoms with Crippen molar-refractivity contribution < 1.29 is 14.3 Å². The number of nitrogens with zero attached hydrogens (tertiary/aromatic N) is 8. The van der Waals surface area contributed by atoms with Gasteiger partial charge in [-0.25, -0.2) is 9.67 Å². The average molecular weight is 427 g/mol. The minimum Gasteiger partial charge on any atom is -0.467 e. The van der Waals surface area contributed by atoms with Crippen LogP contribution in [0.1, 0.15) is 52.8 Å². The normalized spacial score (nSPS) is 19.4. The molecule has 1 unspecified atom stereocenters. The monoisotopic (exact) mass is 427 g/mol. The maximum Gasteiger partial charge on any atom is 0.314 e. The molecule has 0 aromatic carbocycles. The Hall–Kier alpha value is -3.28. The van der Waals surface area contributed by atoms with Crippen molar-refractivity contribution in [3.05, 3.63) is 35.7 Å². The molecule has 0 aliphatic carbocycles. The van der Waals surface area contributed by atoms with Gasteiger partial charge in [0.2, 0.25) is 5.82 Å². The SMILES string of the molecule is COc1nc(C(=O)N2Cc3nnc(C4CCOCC4)n3C(Cc3cnc[nH]3)C2)nn1C. The summed E-state index contributed by atoms with van der Waals surface area (Å²) in [5, 5.41) is 13.2. The Morgan fingerprint density at radius 3 is 2.87 bits per heavy atom. The molecule has 5 heterocycles. The largest absolute Gasteiger partial charge is 0.467 e. The number of fused-ring (bicyclic) bond motifs is 1. The first-order valence-corrected chi connectivity index (χ1v) is 10.4. The van der Waals surface area contributed by atoms with Gasteiger partial charge in [0.15, 0.2) is 5.82 Å². The minimum atomic E-state index is -0.254. The van der Waals surface area contributed by atoms with Crippen LogP contribution in [0.4, 0.5) is 0 Å². The number of hydrogen-bond donors (Lipinski definition) is 1. The molecule has 31 heavy (non-hydrogen) atoms. The summed E-state index contributed by atoms with van der Waals surface area (Å²) in [6.07, 6.45) is 6.01. The molecule has 2 aliphatic rings. The fourth-order valence-corrected chi connectivity index (χ4v) is 4.39. The van der Waals surface area contributed by atoms with Crippen LogP contribution in [0.15, 0.2) is 12.5 Å². The highest BCUT2D eigenvalue weighted by Gasteiger charge is 2.36. The third kappa shape index (κ3) is 3.67. The smallest absolute Gasteiger partial charge is 0.314 e. The minimum absolute atomic E-state index is 0.0217. The zero-order chi connectivity index (χ0) is 21.4. The Balaban J connectivity index is 1.46. The van der Waals surface area contributed by atoms with E-state index in [-0.39, 0.29) is 17.8 Å². The van der Waals surface area contributed by atoms with Gasteiger partial charge in [-0.15, -0.1) is 15.3 Å². The fourth-order valence-electron chi connectivity index (χ4n) is 4.39. The van der Waals surface area contributed by atoms with E-state index in [9.17, 15) is 4.79 Å². The standard InChI is InChI=1S/C19H25N9O3/c1-26-19(30-2)22-16(25-26)18(29)27-9-14(7-13-8-20-11-21-13)28-15(10-27)23-24-17(28)12-3-5-31-6-4-12/h8,11-12,14H,3-7,9-10H2,1-2H3,(H,20,21). The lowest BCUT2D eigenvalue weighted by Gasteiger charge is -2.35. The summed E-state index contributed by atoms with van der Waals surface area (Å²) < 4.78 is 14.3. The molecular formula is C19H25N9O3. The highest BCUT2D eigenvalue weighted by atomic mass is 16.5. The van der Waals surface area contributed by atoms with Crippen LogP contribution in [0.25, 0.3) is 0 Å². The molecule has 12 nitrogen and oxygen atoms in total. The molecule has 3 aromatic heterocycles. The number of aromatic amines is 1. The van der Waals surface area contributed by atoms with E-state index in [1.54, 1.807) is 18.3 Å². The lowest BCUT2D eigenvalue weighted by atomic mass is 9.98.